The third kappa shape index (κ3) is 4.84. The molecule has 3 aromatic carbocycles. The predicted octanol–water partition coefficient (Wildman–Crippen LogP) is 5.64. The standard InChI is InChI=1S/C26H26FNO3S/c1-2-30-24(29)14-18-6-3-4-9-23(18)31-16-17-12-19-10-11-32-26(19)22(13-17)21-8-5-7-20(15-28)25(21)27/h3-13,24,29H,2,14-16,28H2,1H3. The summed E-state index contributed by atoms with van der Waals surface area (Å²) < 4.78 is 27.5. The van der Waals surface area contributed by atoms with E-state index in [1.807, 2.05) is 54.8 Å². The van der Waals surface area contributed by atoms with E-state index in [1.54, 1.807) is 23.5 Å². The molecule has 1 atom stereocenters. The maximum atomic E-state index is 15.1. The summed E-state index contributed by atoms with van der Waals surface area (Å²) in [5, 5.41) is 13.1. The number of nitrogens with two attached hydrogens (primary N) is 1. The quantitative estimate of drug-likeness (QED) is 0.323. The summed E-state index contributed by atoms with van der Waals surface area (Å²) >= 11 is 1.59. The van der Waals surface area contributed by atoms with Crippen molar-refractivity contribution in [2.24, 2.45) is 5.73 Å². The molecule has 32 heavy (non-hydrogen) atoms. The van der Waals surface area contributed by atoms with Crippen LogP contribution in [-0.4, -0.2) is 18.0 Å². The van der Waals surface area contributed by atoms with E-state index in [4.69, 9.17) is 15.2 Å². The molecule has 1 heterocycles. The van der Waals surface area contributed by atoms with Gasteiger partial charge in [-0.25, -0.2) is 4.39 Å². The van der Waals surface area contributed by atoms with Crippen molar-refractivity contribution in [1.82, 2.24) is 0 Å². The van der Waals surface area contributed by atoms with Gasteiger partial charge in [0.05, 0.1) is 0 Å². The largest absolute Gasteiger partial charge is 0.489 e. The number of hydrogen-bond acceptors (Lipinski definition) is 5. The minimum Gasteiger partial charge on any atom is -0.489 e. The van der Waals surface area contributed by atoms with Gasteiger partial charge in [-0.3, -0.25) is 0 Å². The Kier molecular flexibility index (Phi) is 7.17. The molecule has 166 valence electrons. The number of ether oxygens (including phenoxy) is 2. The number of fused-ring (bicyclic) bond motifs is 1. The van der Waals surface area contributed by atoms with E-state index in [0.717, 1.165) is 26.8 Å². The summed E-state index contributed by atoms with van der Waals surface area (Å²) in [5.41, 5.74) is 9.39. The molecule has 0 fully saturated rings. The Balaban J connectivity index is 1.64. The maximum absolute atomic E-state index is 15.1. The first-order chi connectivity index (χ1) is 15.6. The van der Waals surface area contributed by atoms with Crippen molar-refractivity contribution >= 4 is 21.4 Å². The van der Waals surface area contributed by atoms with Crippen LogP contribution in [0.4, 0.5) is 4.39 Å². The summed E-state index contributed by atoms with van der Waals surface area (Å²) in [7, 11) is 0. The number of aliphatic hydroxyl groups excluding tert-OH is 1. The Bertz CT molecular complexity index is 1210. The van der Waals surface area contributed by atoms with Gasteiger partial charge in [0, 0.05) is 41.0 Å². The zero-order valence-corrected chi connectivity index (χ0v) is 18.7. The molecule has 0 saturated heterocycles. The van der Waals surface area contributed by atoms with Gasteiger partial charge in [0.2, 0.25) is 0 Å². The number of benzene rings is 3. The van der Waals surface area contributed by atoms with Crippen molar-refractivity contribution < 1.29 is 19.0 Å². The molecule has 0 radical (unpaired) electrons. The summed E-state index contributed by atoms with van der Waals surface area (Å²) in [6.07, 6.45) is -0.535. The van der Waals surface area contributed by atoms with E-state index >= 15 is 4.39 Å². The molecule has 0 amide bonds. The lowest BCUT2D eigenvalue weighted by atomic mass is 9.98. The summed E-state index contributed by atoms with van der Waals surface area (Å²) in [6.45, 7) is 2.75. The molecule has 0 saturated carbocycles. The van der Waals surface area contributed by atoms with Crippen molar-refractivity contribution in [3.05, 3.63) is 88.6 Å². The molecule has 1 aromatic heterocycles. The van der Waals surface area contributed by atoms with Gasteiger partial charge in [0.25, 0.3) is 0 Å². The maximum Gasteiger partial charge on any atom is 0.158 e. The van der Waals surface area contributed by atoms with E-state index in [0.29, 0.717) is 36.5 Å². The second-order valence-corrected chi connectivity index (χ2v) is 8.39. The number of hydrogen-bond donors (Lipinski definition) is 2. The number of para-hydroxylation sites is 1. The second kappa shape index (κ2) is 10.2. The predicted molar refractivity (Wildman–Crippen MR) is 127 cm³/mol. The third-order valence-corrected chi connectivity index (χ3v) is 6.28. The smallest absolute Gasteiger partial charge is 0.158 e. The average molecular weight is 452 g/mol. The number of thiophene rings is 1. The van der Waals surface area contributed by atoms with Gasteiger partial charge in [0.1, 0.15) is 18.2 Å². The van der Waals surface area contributed by atoms with Gasteiger partial charge in [-0.15, -0.1) is 11.3 Å². The number of rotatable bonds is 9. The average Bonchev–Trinajstić information content (AvgIpc) is 3.27. The molecule has 0 spiro atoms. The van der Waals surface area contributed by atoms with Crippen LogP contribution >= 0.6 is 11.3 Å². The molecule has 0 aliphatic rings. The first-order valence-electron chi connectivity index (χ1n) is 10.6. The first kappa shape index (κ1) is 22.4. The minimum atomic E-state index is -0.878. The third-order valence-electron chi connectivity index (χ3n) is 5.32. The lowest BCUT2D eigenvalue weighted by Crippen LogP contribution is -2.15. The van der Waals surface area contributed by atoms with Crippen LogP contribution in [0, 0.1) is 5.82 Å². The van der Waals surface area contributed by atoms with Crippen LogP contribution in [0.15, 0.2) is 66.0 Å². The fourth-order valence-electron chi connectivity index (χ4n) is 3.79. The molecule has 0 bridgehead atoms. The van der Waals surface area contributed by atoms with Crippen molar-refractivity contribution in [2.75, 3.05) is 6.61 Å². The van der Waals surface area contributed by atoms with Crippen LogP contribution in [0.2, 0.25) is 0 Å². The Morgan fingerprint density at radius 2 is 1.84 bits per heavy atom. The number of aliphatic hydroxyl groups is 1. The van der Waals surface area contributed by atoms with Gasteiger partial charge >= 0.3 is 0 Å². The minimum absolute atomic E-state index is 0.153. The van der Waals surface area contributed by atoms with E-state index in [9.17, 15) is 5.11 Å². The van der Waals surface area contributed by atoms with Crippen LogP contribution in [0.1, 0.15) is 23.6 Å². The molecule has 6 heteroatoms. The Labute approximate surface area is 191 Å². The van der Waals surface area contributed by atoms with E-state index in [-0.39, 0.29) is 12.4 Å². The summed E-state index contributed by atoms with van der Waals surface area (Å²) in [4.78, 5) is 0. The van der Waals surface area contributed by atoms with E-state index in [2.05, 4.69) is 6.07 Å². The van der Waals surface area contributed by atoms with Crippen LogP contribution in [0.25, 0.3) is 21.2 Å². The lowest BCUT2D eigenvalue weighted by Gasteiger charge is -2.16. The summed E-state index contributed by atoms with van der Waals surface area (Å²) in [5.74, 6) is 0.410. The topological polar surface area (TPSA) is 64.7 Å². The van der Waals surface area contributed by atoms with Crippen LogP contribution < -0.4 is 10.5 Å². The second-order valence-electron chi connectivity index (χ2n) is 7.48. The van der Waals surface area contributed by atoms with E-state index < -0.39 is 6.29 Å². The van der Waals surface area contributed by atoms with Crippen molar-refractivity contribution in [3.8, 4) is 16.9 Å². The van der Waals surface area contributed by atoms with Gasteiger partial charge in [-0.05, 0) is 53.1 Å². The highest BCUT2D eigenvalue weighted by atomic mass is 32.1. The van der Waals surface area contributed by atoms with Crippen LogP contribution in [0.5, 0.6) is 5.75 Å². The molecule has 4 rings (SSSR count). The van der Waals surface area contributed by atoms with Crippen molar-refractivity contribution in [1.29, 1.82) is 0 Å². The molecule has 0 aliphatic heterocycles. The molecule has 3 N–H and O–H groups in total. The fraction of sp³-hybridized carbons (Fsp3) is 0.231. The zero-order valence-electron chi connectivity index (χ0n) is 17.9. The van der Waals surface area contributed by atoms with Gasteiger partial charge in [0.15, 0.2) is 6.29 Å². The molecular weight excluding hydrogens is 425 g/mol. The van der Waals surface area contributed by atoms with Gasteiger partial charge in [-0.2, -0.15) is 0 Å². The monoisotopic (exact) mass is 451 g/mol. The Hall–Kier alpha value is -2.77. The zero-order chi connectivity index (χ0) is 22.5. The Morgan fingerprint density at radius 1 is 1.03 bits per heavy atom. The van der Waals surface area contributed by atoms with Gasteiger partial charge in [-0.1, -0.05) is 36.4 Å². The van der Waals surface area contributed by atoms with E-state index in [1.165, 1.54) is 0 Å². The normalized spacial score (nSPS) is 12.2. The highest BCUT2D eigenvalue weighted by Crippen LogP contribution is 2.36. The highest BCUT2D eigenvalue weighted by Gasteiger charge is 2.15. The lowest BCUT2D eigenvalue weighted by molar-refractivity contribution is -0.0930. The van der Waals surface area contributed by atoms with Crippen LogP contribution in [0.3, 0.4) is 0 Å². The molecular formula is C26H26FNO3S. The number of halogens is 1. The molecule has 4 aromatic rings. The van der Waals surface area contributed by atoms with Crippen LogP contribution in [-0.2, 0) is 24.3 Å². The SMILES string of the molecule is CCOC(O)Cc1ccccc1OCc1cc(-c2cccc(CN)c2F)c2sccc2c1. The van der Waals surface area contributed by atoms with Gasteiger partial charge < -0.3 is 20.3 Å². The fourth-order valence-corrected chi connectivity index (χ4v) is 4.70. The Morgan fingerprint density at radius 3 is 2.66 bits per heavy atom. The van der Waals surface area contributed by atoms with Crippen molar-refractivity contribution in [2.45, 2.75) is 32.8 Å². The summed E-state index contributed by atoms with van der Waals surface area (Å²) in [6, 6.07) is 19.0. The van der Waals surface area contributed by atoms with Crippen molar-refractivity contribution in [3.63, 3.8) is 0 Å². The molecule has 0 aliphatic carbocycles. The molecule has 1 unspecified atom stereocenters. The highest BCUT2D eigenvalue weighted by molar-refractivity contribution is 7.17. The first-order valence-corrected chi connectivity index (χ1v) is 11.5. The molecule has 4 nitrogen and oxygen atoms in total.